The van der Waals surface area contributed by atoms with Crippen LogP contribution in [0, 0.1) is 6.07 Å². The highest BCUT2D eigenvalue weighted by molar-refractivity contribution is 5.39. The fraction of sp³-hybridized carbons (Fsp3) is 0.538. The summed E-state index contributed by atoms with van der Waals surface area (Å²) in [6.45, 7) is 4.39. The van der Waals surface area contributed by atoms with Gasteiger partial charge in [0, 0.05) is 0 Å². The van der Waals surface area contributed by atoms with Gasteiger partial charge in [-0.2, -0.15) is 0 Å². The van der Waals surface area contributed by atoms with Crippen molar-refractivity contribution >= 4 is 0 Å². The summed E-state index contributed by atoms with van der Waals surface area (Å²) >= 11 is 0. The molecule has 0 unspecified atom stereocenters. The van der Waals surface area contributed by atoms with E-state index >= 15 is 0 Å². The maximum Gasteiger partial charge on any atom is 0.122 e. The van der Waals surface area contributed by atoms with Crippen LogP contribution in [0.2, 0.25) is 0 Å². The van der Waals surface area contributed by atoms with E-state index < -0.39 is 0 Å². The Kier molecular flexibility index (Phi) is 4.51. The molecule has 0 aliphatic rings. The smallest absolute Gasteiger partial charge is 0.122 e. The Morgan fingerprint density at radius 2 is 1.93 bits per heavy atom. The van der Waals surface area contributed by atoms with Gasteiger partial charge in [0.15, 0.2) is 0 Å². The second-order valence-corrected chi connectivity index (χ2v) is 3.50. The molecule has 1 heteroatoms. The first-order valence-corrected chi connectivity index (χ1v) is 5.39. The van der Waals surface area contributed by atoms with Gasteiger partial charge in [-0.05, 0) is 36.1 Å². The predicted octanol–water partition coefficient (Wildman–Crippen LogP) is 3.40. The molecule has 1 radical (unpaired) electrons. The molecule has 0 aromatic heterocycles. The standard InChI is InChI=1S/C13H19O/c1-4-7-11-9-6-10-13(14-3)12(11)8-5-2/h6,10H,4-5,7-8H2,1-3H3. The molecule has 77 valence electrons. The Bertz CT molecular complexity index is 279. The van der Waals surface area contributed by atoms with Crippen LogP contribution < -0.4 is 4.74 Å². The third kappa shape index (κ3) is 2.50. The zero-order valence-electron chi connectivity index (χ0n) is 9.39. The van der Waals surface area contributed by atoms with Gasteiger partial charge < -0.3 is 4.74 Å². The highest BCUT2D eigenvalue weighted by atomic mass is 16.5. The summed E-state index contributed by atoms with van der Waals surface area (Å²) < 4.78 is 5.36. The van der Waals surface area contributed by atoms with E-state index in [0.717, 1.165) is 25.0 Å². The molecule has 0 bridgehead atoms. The summed E-state index contributed by atoms with van der Waals surface area (Å²) in [4.78, 5) is 0. The second-order valence-electron chi connectivity index (χ2n) is 3.50. The van der Waals surface area contributed by atoms with Crippen molar-refractivity contribution in [2.45, 2.75) is 39.5 Å². The molecule has 0 saturated heterocycles. The lowest BCUT2D eigenvalue weighted by Crippen LogP contribution is -1.98. The van der Waals surface area contributed by atoms with Gasteiger partial charge in [-0.25, -0.2) is 0 Å². The number of methoxy groups -OCH3 is 1. The summed E-state index contributed by atoms with van der Waals surface area (Å²) in [6.07, 6.45) is 4.52. The van der Waals surface area contributed by atoms with Gasteiger partial charge >= 0.3 is 0 Å². The van der Waals surface area contributed by atoms with E-state index in [-0.39, 0.29) is 0 Å². The van der Waals surface area contributed by atoms with Gasteiger partial charge in [0.25, 0.3) is 0 Å². The topological polar surface area (TPSA) is 9.23 Å². The quantitative estimate of drug-likeness (QED) is 0.693. The highest BCUT2D eigenvalue weighted by Crippen LogP contribution is 2.24. The van der Waals surface area contributed by atoms with Gasteiger partial charge in [-0.3, -0.25) is 0 Å². The average Bonchev–Trinajstić information content (AvgIpc) is 2.21. The van der Waals surface area contributed by atoms with Crippen molar-refractivity contribution in [1.29, 1.82) is 0 Å². The first-order valence-electron chi connectivity index (χ1n) is 5.39. The number of benzene rings is 1. The van der Waals surface area contributed by atoms with Crippen LogP contribution >= 0.6 is 0 Å². The monoisotopic (exact) mass is 191 g/mol. The lowest BCUT2D eigenvalue weighted by molar-refractivity contribution is 0.408. The Balaban J connectivity index is 3.00. The van der Waals surface area contributed by atoms with E-state index in [0.29, 0.717) is 0 Å². The second kappa shape index (κ2) is 5.69. The Labute approximate surface area is 87.1 Å². The molecule has 1 rings (SSSR count). The van der Waals surface area contributed by atoms with Crippen LogP contribution in [0.25, 0.3) is 0 Å². The third-order valence-electron chi connectivity index (χ3n) is 2.37. The SMILES string of the molecule is CCCc1[c]ccc(OC)c1CCC. The van der Waals surface area contributed by atoms with E-state index in [1.165, 1.54) is 17.5 Å². The summed E-state index contributed by atoms with van der Waals surface area (Å²) in [5.41, 5.74) is 2.67. The third-order valence-corrected chi connectivity index (χ3v) is 2.37. The van der Waals surface area contributed by atoms with Gasteiger partial charge in [0.05, 0.1) is 7.11 Å². The molecule has 0 saturated carbocycles. The van der Waals surface area contributed by atoms with Crippen molar-refractivity contribution in [3.05, 3.63) is 29.3 Å². The molecule has 0 heterocycles. The molecule has 1 aromatic carbocycles. The molecule has 0 aliphatic carbocycles. The van der Waals surface area contributed by atoms with Gasteiger partial charge in [-0.15, -0.1) is 0 Å². The molecule has 14 heavy (non-hydrogen) atoms. The minimum Gasteiger partial charge on any atom is -0.496 e. The van der Waals surface area contributed by atoms with E-state index in [2.05, 4.69) is 19.9 Å². The fourth-order valence-electron chi connectivity index (χ4n) is 1.74. The van der Waals surface area contributed by atoms with Crippen LogP contribution in [0.15, 0.2) is 12.1 Å². The normalized spacial score (nSPS) is 10.2. The predicted molar refractivity (Wildman–Crippen MR) is 59.8 cm³/mol. The minimum atomic E-state index is 1.02. The van der Waals surface area contributed by atoms with E-state index in [9.17, 15) is 0 Å². The summed E-state index contributed by atoms with van der Waals surface area (Å²) in [6, 6.07) is 7.28. The van der Waals surface area contributed by atoms with Crippen molar-refractivity contribution in [2.24, 2.45) is 0 Å². The zero-order valence-corrected chi connectivity index (χ0v) is 9.39. The molecule has 0 fully saturated rings. The molecule has 1 nitrogen and oxygen atoms in total. The van der Waals surface area contributed by atoms with Crippen molar-refractivity contribution in [3.63, 3.8) is 0 Å². The average molecular weight is 191 g/mol. The van der Waals surface area contributed by atoms with Crippen LogP contribution in [-0.2, 0) is 12.8 Å². The van der Waals surface area contributed by atoms with Crippen LogP contribution in [0.1, 0.15) is 37.8 Å². The minimum absolute atomic E-state index is 1.02. The first kappa shape index (κ1) is 11.1. The molecule has 0 aliphatic heterocycles. The maximum absolute atomic E-state index is 5.36. The number of aryl methyl sites for hydroxylation is 1. The van der Waals surface area contributed by atoms with Crippen molar-refractivity contribution in [1.82, 2.24) is 0 Å². The Hall–Kier alpha value is -0.980. The first-order chi connectivity index (χ1) is 6.83. The van der Waals surface area contributed by atoms with Crippen LogP contribution in [0.5, 0.6) is 5.75 Å². The van der Waals surface area contributed by atoms with Crippen molar-refractivity contribution in [3.8, 4) is 5.75 Å². The van der Waals surface area contributed by atoms with Gasteiger partial charge in [0.1, 0.15) is 5.75 Å². The number of rotatable bonds is 5. The largest absolute Gasteiger partial charge is 0.496 e. The van der Waals surface area contributed by atoms with Gasteiger partial charge in [-0.1, -0.05) is 32.8 Å². The number of ether oxygens (including phenoxy) is 1. The molecule has 0 spiro atoms. The Morgan fingerprint density at radius 3 is 2.50 bits per heavy atom. The molecular weight excluding hydrogens is 172 g/mol. The highest BCUT2D eigenvalue weighted by Gasteiger charge is 2.07. The lowest BCUT2D eigenvalue weighted by Gasteiger charge is -2.12. The Morgan fingerprint density at radius 1 is 1.21 bits per heavy atom. The summed E-state index contributed by atoms with van der Waals surface area (Å²) in [5, 5.41) is 0. The molecular formula is C13H19O. The molecule has 0 N–H and O–H groups in total. The van der Waals surface area contributed by atoms with E-state index in [1.54, 1.807) is 7.11 Å². The molecule has 0 atom stereocenters. The van der Waals surface area contributed by atoms with Crippen LogP contribution in [0.4, 0.5) is 0 Å². The number of hydrogen-bond donors (Lipinski definition) is 0. The lowest BCUT2D eigenvalue weighted by atomic mass is 9.99. The zero-order chi connectivity index (χ0) is 10.4. The molecule has 1 aromatic rings. The summed E-state index contributed by atoms with van der Waals surface area (Å²) in [5.74, 6) is 1.02. The van der Waals surface area contributed by atoms with Crippen molar-refractivity contribution in [2.75, 3.05) is 7.11 Å². The maximum atomic E-state index is 5.36. The summed E-state index contributed by atoms with van der Waals surface area (Å²) in [7, 11) is 1.74. The van der Waals surface area contributed by atoms with E-state index in [4.69, 9.17) is 4.74 Å². The fourth-order valence-corrected chi connectivity index (χ4v) is 1.74. The molecule has 0 amide bonds. The van der Waals surface area contributed by atoms with Crippen LogP contribution in [-0.4, -0.2) is 7.11 Å². The van der Waals surface area contributed by atoms with Crippen molar-refractivity contribution < 1.29 is 4.74 Å². The van der Waals surface area contributed by atoms with Crippen LogP contribution in [0.3, 0.4) is 0 Å². The van der Waals surface area contributed by atoms with E-state index in [1.807, 2.05) is 12.1 Å². The van der Waals surface area contributed by atoms with Gasteiger partial charge in [0.2, 0.25) is 0 Å². The number of hydrogen-bond acceptors (Lipinski definition) is 1.